The molecule has 1 aromatic heterocycles. The molecule has 174 valence electrons. The first-order valence-electron chi connectivity index (χ1n) is 10.5. The van der Waals surface area contributed by atoms with Crippen LogP contribution in [0, 0.1) is 12.8 Å². The van der Waals surface area contributed by atoms with Gasteiger partial charge in [0.1, 0.15) is 12.4 Å². The van der Waals surface area contributed by atoms with Crippen molar-refractivity contribution in [3.05, 3.63) is 83.1 Å². The number of anilines is 1. The lowest BCUT2D eigenvalue weighted by molar-refractivity contribution is -0.131. The molecule has 8 heteroatoms. The first-order chi connectivity index (χ1) is 15.6. The second kappa shape index (κ2) is 10.4. The van der Waals surface area contributed by atoms with Gasteiger partial charge < -0.3 is 14.3 Å². The van der Waals surface area contributed by atoms with Gasteiger partial charge in [-0.05, 0) is 60.2 Å². The van der Waals surface area contributed by atoms with Gasteiger partial charge in [0.05, 0.1) is 12.0 Å². The zero-order valence-corrected chi connectivity index (χ0v) is 19.6. The van der Waals surface area contributed by atoms with Crippen LogP contribution in [0.5, 0.6) is 5.75 Å². The molecule has 7 nitrogen and oxygen atoms in total. The summed E-state index contributed by atoms with van der Waals surface area (Å²) in [4.78, 5) is 10.6. The average Bonchev–Trinajstić information content (AvgIpc) is 3.20. The van der Waals surface area contributed by atoms with Crippen molar-refractivity contribution in [2.45, 2.75) is 38.9 Å². The van der Waals surface area contributed by atoms with Crippen LogP contribution in [0.4, 0.5) is 5.69 Å². The highest BCUT2D eigenvalue weighted by Crippen LogP contribution is 2.30. The number of carboxylic acids is 1. The number of nitrogens with one attached hydrogen (secondary N) is 1. The molecular formula is C25H27NO6S. The Hall–Kier alpha value is -3.52. The van der Waals surface area contributed by atoms with E-state index in [1.165, 1.54) is 12.3 Å². The average molecular weight is 470 g/mol. The van der Waals surface area contributed by atoms with Crippen molar-refractivity contribution in [1.29, 1.82) is 0 Å². The lowest BCUT2D eigenvalue weighted by Gasteiger charge is -2.15. The molecule has 0 saturated carbocycles. The molecule has 0 bridgehead atoms. The van der Waals surface area contributed by atoms with Crippen molar-refractivity contribution in [3.8, 4) is 5.75 Å². The SMILES string of the molecule is Cc1ccc(OCc2ccc(/C=C/C(=O)O)cc2)c(NS(=O)(=O)c2occc2CC(C)C)c1. The second-order valence-corrected chi connectivity index (χ2v) is 9.72. The molecule has 0 spiro atoms. The number of carboxylic acid groups (broad SMARTS) is 1. The summed E-state index contributed by atoms with van der Waals surface area (Å²) < 4.78 is 39.9. The van der Waals surface area contributed by atoms with E-state index in [9.17, 15) is 13.2 Å². The van der Waals surface area contributed by atoms with E-state index in [1.54, 1.807) is 30.3 Å². The maximum atomic E-state index is 13.0. The number of ether oxygens (including phenoxy) is 1. The van der Waals surface area contributed by atoms with Crippen molar-refractivity contribution >= 4 is 27.8 Å². The fraction of sp³-hybridized carbons (Fsp3) is 0.240. The number of aliphatic carboxylic acids is 1. The van der Waals surface area contributed by atoms with Gasteiger partial charge in [0, 0.05) is 11.6 Å². The summed E-state index contributed by atoms with van der Waals surface area (Å²) >= 11 is 0. The van der Waals surface area contributed by atoms with Crippen LogP contribution in [0.1, 0.15) is 36.1 Å². The van der Waals surface area contributed by atoms with E-state index in [2.05, 4.69) is 4.72 Å². The molecule has 33 heavy (non-hydrogen) atoms. The summed E-state index contributed by atoms with van der Waals surface area (Å²) in [6.07, 6.45) is 4.54. The Morgan fingerprint density at radius 1 is 1.15 bits per heavy atom. The van der Waals surface area contributed by atoms with Crippen LogP contribution >= 0.6 is 0 Å². The zero-order chi connectivity index (χ0) is 24.0. The highest BCUT2D eigenvalue weighted by atomic mass is 32.2. The summed E-state index contributed by atoms with van der Waals surface area (Å²) in [5, 5.41) is 8.63. The topological polar surface area (TPSA) is 106 Å². The Bertz CT molecular complexity index is 1240. The lowest BCUT2D eigenvalue weighted by atomic mass is 10.1. The normalized spacial score (nSPS) is 11.8. The minimum atomic E-state index is -3.94. The van der Waals surface area contributed by atoms with Gasteiger partial charge >= 0.3 is 5.97 Å². The van der Waals surface area contributed by atoms with E-state index >= 15 is 0 Å². The maximum Gasteiger partial charge on any atom is 0.328 e. The first-order valence-corrected chi connectivity index (χ1v) is 11.9. The number of aryl methyl sites for hydroxylation is 1. The highest BCUT2D eigenvalue weighted by Gasteiger charge is 2.24. The molecule has 0 radical (unpaired) electrons. The summed E-state index contributed by atoms with van der Waals surface area (Å²) in [5.41, 5.74) is 3.42. The van der Waals surface area contributed by atoms with Crippen molar-refractivity contribution < 1.29 is 27.5 Å². The largest absolute Gasteiger partial charge is 0.487 e. The predicted molar refractivity (Wildman–Crippen MR) is 127 cm³/mol. The molecule has 0 aliphatic rings. The molecule has 0 saturated heterocycles. The van der Waals surface area contributed by atoms with Gasteiger partial charge in [-0.2, -0.15) is 8.42 Å². The quantitative estimate of drug-likeness (QED) is 0.392. The predicted octanol–water partition coefficient (Wildman–Crippen LogP) is 5.26. The van der Waals surface area contributed by atoms with Gasteiger partial charge in [0.2, 0.25) is 5.09 Å². The molecule has 0 aliphatic carbocycles. The first kappa shape index (κ1) is 24.1. The molecular weight excluding hydrogens is 442 g/mol. The number of hydrogen-bond donors (Lipinski definition) is 2. The van der Waals surface area contributed by atoms with E-state index < -0.39 is 16.0 Å². The monoisotopic (exact) mass is 469 g/mol. The molecule has 1 heterocycles. The van der Waals surface area contributed by atoms with Crippen LogP contribution in [-0.4, -0.2) is 19.5 Å². The van der Waals surface area contributed by atoms with Crippen molar-refractivity contribution in [2.24, 2.45) is 5.92 Å². The van der Waals surface area contributed by atoms with Gasteiger partial charge in [-0.25, -0.2) is 4.79 Å². The molecule has 3 aromatic rings. The number of benzene rings is 2. The smallest absolute Gasteiger partial charge is 0.328 e. The molecule has 0 aliphatic heterocycles. The molecule has 0 amide bonds. The van der Waals surface area contributed by atoms with Crippen molar-refractivity contribution in [3.63, 3.8) is 0 Å². The van der Waals surface area contributed by atoms with Crippen LogP contribution < -0.4 is 9.46 Å². The van der Waals surface area contributed by atoms with Crippen LogP contribution in [0.2, 0.25) is 0 Å². The fourth-order valence-corrected chi connectivity index (χ4v) is 4.46. The van der Waals surface area contributed by atoms with Crippen LogP contribution in [0.3, 0.4) is 0 Å². The minimum absolute atomic E-state index is 0.0892. The third-order valence-corrected chi connectivity index (χ3v) is 6.09. The summed E-state index contributed by atoms with van der Waals surface area (Å²) in [5.74, 6) is -0.348. The number of hydrogen-bond acceptors (Lipinski definition) is 5. The van der Waals surface area contributed by atoms with Gasteiger partial charge in [-0.15, -0.1) is 0 Å². The maximum absolute atomic E-state index is 13.0. The fourth-order valence-electron chi connectivity index (χ4n) is 3.24. The van der Waals surface area contributed by atoms with E-state index in [1.807, 2.05) is 39.0 Å². The number of furan rings is 1. The van der Waals surface area contributed by atoms with E-state index in [0.717, 1.165) is 22.8 Å². The third-order valence-electron chi connectivity index (χ3n) is 4.75. The zero-order valence-electron chi connectivity index (χ0n) is 18.7. The van der Waals surface area contributed by atoms with E-state index in [4.69, 9.17) is 14.3 Å². The van der Waals surface area contributed by atoms with Crippen LogP contribution in [0.25, 0.3) is 6.08 Å². The standard InChI is InChI=1S/C25H27NO6S/c1-17(2)14-21-12-13-31-25(21)33(29,30)26-22-15-18(3)4-10-23(22)32-16-20-7-5-19(6-8-20)9-11-24(27)28/h4-13,15,17,26H,14,16H2,1-3H3,(H,27,28)/b11-9+. The van der Waals surface area contributed by atoms with Crippen LogP contribution in [-0.2, 0) is 27.8 Å². The molecule has 2 aromatic carbocycles. The minimum Gasteiger partial charge on any atom is -0.487 e. The molecule has 0 fully saturated rings. The summed E-state index contributed by atoms with van der Waals surface area (Å²) in [6, 6.07) is 14.1. The van der Waals surface area contributed by atoms with Gasteiger partial charge in [-0.1, -0.05) is 44.2 Å². The van der Waals surface area contributed by atoms with Gasteiger partial charge in [0.25, 0.3) is 10.0 Å². The molecule has 0 atom stereocenters. The number of carbonyl (C=O) groups is 1. The number of sulfonamides is 1. The van der Waals surface area contributed by atoms with E-state index in [-0.39, 0.29) is 17.6 Å². The van der Waals surface area contributed by atoms with Gasteiger partial charge in [0.15, 0.2) is 0 Å². The Kier molecular flexibility index (Phi) is 7.60. The van der Waals surface area contributed by atoms with Gasteiger partial charge in [-0.3, -0.25) is 4.72 Å². The molecule has 2 N–H and O–H groups in total. The molecule has 3 rings (SSSR count). The summed E-state index contributed by atoms with van der Waals surface area (Å²) in [6.45, 7) is 6.10. The Morgan fingerprint density at radius 3 is 2.55 bits per heavy atom. The summed E-state index contributed by atoms with van der Waals surface area (Å²) in [7, 11) is -3.94. The second-order valence-electron chi connectivity index (χ2n) is 8.14. The van der Waals surface area contributed by atoms with Crippen molar-refractivity contribution in [1.82, 2.24) is 0 Å². The Labute approximate surface area is 193 Å². The highest BCUT2D eigenvalue weighted by molar-refractivity contribution is 7.92. The third kappa shape index (κ3) is 6.73. The van der Waals surface area contributed by atoms with Crippen LogP contribution in [0.15, 0.2) is 70.4 Å². The Balaban J connectivity index is 1.77. The number of rotatable bonds is 10. The van der Waals surface area contributed by atoms with Crippen molar-refractivity contribution in [2.75, 3.05) is 4.72 Å². The lowest BCUT2D eigenvalue weighted by Crippen LogP contribution is -2.15. The van der Waals surface area contributed by atoms with E-state index in [0.29, 0.717) is 23.4 Å². The molecule has 0 unspecified atom stereocenters. The Morgan fingerprint density at radius 2 is 1.88 bits per heavy atom.